The van der Waals surface area contributed by atoms with Crippen molar-refractivity contribution in [3.8, 4) is 5.75 Å². The number of ether oxygens (including phenoxy) is 1. The topological polar surface area (TPSA) is 59.7 Å². The fourth-order valence-corrected chi connectivity index (χ4v) is 2.16. The van der Waals surface area contributed by atoms with E-state index in [2.05, 4.69) is 0 Å². The monoisotopic (exact) mass is 218 g/mol. The van der Waals surface area contributed by atoms with Gasteiger partial charge in [0.25, 0.3) is 0 Å². The molecule has 1 aliphatic heterocycles. The minimum absolute atomic E-state index is 0.439. The largest absolute Gasteiger partial charge is 0.492 e. The molecule has 1 unspecified atom stereocenters. The third-order valence-corrected chi connectivity index (χ3v) is 2.94. The van der Waals surface area contributed by atoms with E-state index in [0.717, 1.165) is 16.5 Å². The Kier molecular flexibility index (Phi) is 1.89. The fraction of sp³-hybridized carbons (Fsp3) is 0.250. The summed E-state index contributed by atoms with van der Waals surface area (Å²) in [6.07, 6.45) is 2.10. The van der Waals surface area contributed by atoms with Crippen molar-refractivity contribution in [1.82, 2.24) is 0 Å². The van der Waals surface area contributed by atoms with Gasteiger partial charge in [0.15, 0.2) is 0 Å². The van der Waals surface area contributed by atoms with Crippen molar-refractivity contribution in [2.45, 2.75) is 12.3 Å². The zero-order chi connectivity index (χ0) is 11.1. The maximum Gasteiger partial charge on any atom is 0.311 e. The second-order valence-electron chi connectivity index (χ2n) is 3.84. The normalized spacial score (nSPS) is 19.1. The molecule has 0 spiro atoms. The van der Waals surface area contributed by atoms with Crippen LogP contribution in [0.1, 0.15) is 17.9 Å². The van der Waals surface area contributed by atoms with Crippen LogP contribution in [0.4, 0.5) is 0 Å². The standard InChI is InChI=1S/C12H10O4/c13-12(14)8-3-6-16-11-7(8)1-2-10-9(11)4-5-15-10/h1-2,4-5,8H,3,6H2,(H,13,14). The van der Waals surface area contributed by atoms with E-state index in [9.17, 15) is 4.79 Å². The molecule has 4 nitrogen and oxygen atoms in total. The predicted octanol–water partition coefficient (Wildman–Crippen LogP) is 2.38. The molecule has 1 aromatic heterocycles. The van der Waals surface area contributed by atoms with Crippen molar-refractivity contribution < 1.29 is 19.1 Å². The number of carboxylic acid groups (broad SMARTS) is 1. The quantitative estimate of drug-likeness (QED) is 0.798. The van der Waals surface area contributed by atoms with E-state index in [1.807, 2.05) is 0 Å². The summed E-state index contributed by atoms with van der Waals surface area (Å²) in [6.45, 7) is 0.439. The molecule has 0 saturated carbocycles. The van der Waals surface area contributed by atoms with E-state index < -0.39 is 11.9 Å². The fourth-order valence-electron chi connectivity index (χ4n) is 2.16. The van der Waals surface area contributed by atoms with Crippen molar-refractivity contribution in [2.75, 3.05) is 6.61 Å². The molecular formula is C12H10O4. The molecule has 0 amide bonds. The summed E-state index contributed by atoms with van der Waals surface area (Å²) in [7, 11) is 0. The van der Waals surface area contributed by atoms with Gasteiger partial charge in [-0.3, -0.25) is 4.79 Å². The number of carboxylic acids is 1. The van der Waals surface area contributed by atoms with Crippen molar-refractivity contribution in [2.24, 2.45) is 0 Å². The third kappa shape index (κ3) is 1.19. The Balaban J connectivity index is 2.25. The summed E-state index contributed by atoms with van der Waals surface area (Å²) in [5.41, 5.74) is 1.47. The highest BCUT2D eigenvalue weighted by atomic mass is 16.5. The minimum atomic E-state index is -0.799. The lowest BCUT2D eigenvalue weighted by atomic mass is 9.92. The van der Waals surface area contributed by atoms with Crippen LogP contribution < -0.4 is 4.74 Å². The molecule has 1 N–H and O–H groups in total. The molecule has 1 aromatic carbocycles. The van der Waals surface area contributed by atoms with Crippen LogP contribution in [0.5, 0.6) is 5.75 Å². The van der Waals surface area contributed by atoms with Crippen molar-refractivity contribution in [3.05, 3.63) is 30.0 Å². The van der Waals surface area contributed by atoms with Crippen LogP contribution in [0.15, 0.2) is 28.9 Å². The smallest absolute Gasteiger partial charge is 0.311 e. The van der Waals surface area contributed by atoms with Gasteiger partial charge in [0.2, 0.25) is 0 Å². The summed E-state index contributed by atoms with van der Waals surface area (Å²) < 4.78 is 10.8. The average Bonchev–Trinajstić information content (AvgIpc) is 2.76. The van der Waals surface area contributed by atoms with Crippen LogP contribution in [0, 0.1) is 0 Å². The molecule has 16 heavy (non-hydrogen) atoms. The van der Waals surface area contributed by atoms with Gasteiger partial charge in [0.05, 0.1) is 24.2 Å². The number of fused-ring (bicyclic) bond motifs is 3. The van der Waals surface area contributed by atoms with Gasteiger partial charge in [-0.2, -0.15) is 0 Å². The number of hydrogen-bond acceptors (Lipinski definition) is 3. The second kappa shape index (κ2) is 3.27. The highest BCUT2D eigenvalue weighted by Gasteiger charge is 2.28. The van der Waals surface area contributed by atoms with E-state index in [0.29, 0.717) is 18.8 Å². The Labute approximate surface area is 91.4 Å². The Morgan fingerprint density at radius 2 is 2.25 bits per heavy atom. The minimum Gasteiger partial charge on any atom is -0.492 e. The van der Waals surface area contributed by atoms with E-state index in [4.69, 9.17) is 14.3 Å². The molecule has 3 rings (SSSR count). The van der Waals surface area contributed by atoms with Gasteiger partial charge in [-0.05, 0) is 18.6 Å². The van der Waals surface area contributed by atoms with Gasteiger partial charge < -0.3 is 14.3 Å². The molecule has 0 saturated heterocycles. The first kappa shape index (κ1) is 9.27. The first-order chi connectivity index (χ1) is 7.77. The number of rotatable bonds is 1. The summed E-state index contributed by atoms with van der Waals surface area (Å²) in [6, 6.07) is 5.37. The first-order valence-electron chi connectivity index (χ1n) is 5.13. The number of carbonyl (C=O) groups is 1. The molecule has 0 bridgehead atoms. The van der Waals surface area contributed by atoms with Gasteiger partial charge in [0.1, 0.15) is 11.3 Å². The maximum atomic E-state index is 11.1. The molecule has 2 aromatic rings. The Bertz CT molecular complexity index is 555. The van der Waals surface area contributed by atoms with Crippen LogP contribution in [0.25, 0.3) is 11.0 Å². The highest BCUT2D eigenvalue weighted by molar-refractivity contribution is 5.89. The van der Waals surface area contributed by atoms with Gasteiger partial charge in [0, 0.05) is 5.56 Å². The average molecular weight is 218 g/mol. The van der Waals surface area contributed by atoms with Crippen molar-refractivity contribution in [1.29, 1.82) is 0 Å². The Morgan fingerprint density at radius 3 is 3.06 bits per heavy atom. The number of benzene rings is 1. The highest BCUT2D eigenvalue weighted by Crippen LogP contribution is 2.39. The van der Waals surface area contributed by atoms with E-state index in [1.165, 1.54) is 0 Å². The molecule has 0 fully saturated rings. The summed E-state index contributed by atoms with van der Waals surface area (Å²) in [5, 5.41) is 9.98. The lowest BCUT2D eigenvalue weighted by molar-refractivity contribution is -0.139. The van der Waals surface area contributed by atoms with Gasteiger partial charge >= 0.3 is 5.97 Å². The molecule has 0 radical (unpaired) electrons. The van der Waals surface area contributed by atoms with E-state index >= 15 is 0 Å². The maximum absolute atomic E-state index is 11.1. The van der Waals surface area contributed by atoms with Gasteiger partial charge in [-0.1, -0.05) is 6.07 Å². The summed E-state index contributed by atoms with van der Waals surface area (Å²) >= 11 is 0. The predicted molar refractivity (Wildman–Crippen MR) is 56.7 cm³/mol. The molecule has 2 heterocycles. The van der Waals surface area contributed by atoms with Crippen molar-refractivity contribution in [3.63, 3.8) is 0 Å². The van der Waals surface area contributed by atoms with Crippen LogP contribution in [0.2, 0.25) is 0 Å². The van der Waals surface area contributed by atoms with Crippen LogP contribution in [0.3, 0.4) is 0 Å². The number of furan rings is 1. The van der Waals surface area contributed by atoms with Crippen molar-refractivity contribution >= 4 is 16.9 Å². The zero-order valence-corrected chi connectivity index (χ0v) is 8.47. The molecule has 4 heteroatoms. The zero-order valence-electron chi connectivity index (χ0n) is 8.47. The lowest BCUT2D eigenvalue weighted by Gasteiger charge is -2.23. The van der Waals surface area contributed by atoms with E-state index in [-0.39, 0.29) is 0 Å². The molecule has 1 atom stereocenters. The summed E-state index contributed by atoms with van der Waals surface area (Å²) in [4.78, 5) is 11.1. The molecule has 82 valence electrons. The Hall–Kier alpha value is -1.97. The van der Waals surface area contributed by atoms with Gasteiger partial charge in [-0.25, -0.2) is 0 Å². The molecule has 1 aliphatic rings. The SMILES string of the molecule is O=C(O)C1CCOc2c1ccc1occc21. The number of aliphatic carboxylic acids is 1. The van der Waals surface area contributed by atoms with E-state index in [1.54, 1.807) is 24.5 Å². The Morgan fingerprint density at radius 1 is 1.38 bits per heavy atom. The van der Waals surface area contributed by atoms with Gasteiger partial charge in [-0.15, -0.1) is 0 Å². The summed E-state index contributed by atoms with van der Waals surface area (Å²) in [5.74, 6) is -0.611. The van der Waals surface area contributed by atoms with Crippen LogP contribution >= 0.6 is 0 Å². The first-order valence-corrected chi connectivity index (χ1v) is 5.13. The number of hydrogen-bond donors (Lipinski definition) is 1. The molecular weight excluding hydrogens is 208 g/mol. The third-order valence-electron chi connectivity index (χ3n) is 2.94. The molecule has 0 aliphatic carbocycles. The lowest BCUT2D eigenvalue weighted by Crippen LogP contribution is -2.20. The van der Waals surface area contributed by atoms with Crippen LogP contribution in [-0.2, 0) is 4.79 Å². The van der Waals surface area contributed by atoms with Crippen LogP contribution in [-0.4, -0.2) is 17.7 Å². The second-order valence-corrected chi connectivity index (χ2v) is 3.84.